The van der Waals surface area contributed by atoms with E-state index in [1.54, 1.807) is 6.07 Å². The molecule has 1 rings (SSSR count). The maximum atomic E-state index is 11.8. The zero-order valence-corrected chi connectivity index (χ0v) is 12.0. The van der Waals surface area contributed by atoms with Crippen LogP contribution in [0, 0.1) is 5.92 Å². The zero-order valence-electron chi connectivity index (χ0n) is 11.2. The van der Waals surface area contributed by atoms with E-state index in [1.807, 2.05) is 6.92 Å². The van der Waals surface area contributed by atoms with Crippen molar-refractivity contribution in [1.29, 1.82) is 0 Å². The molecule has 1 heterocycles. The van der Waals surface area contributed by atoms with Crippen LogP contribution in [0.2, 0.25) is 0 Å². The number of amides is 1. The van der Waals surface area contributed by atoms with Gasteiger partial charge < -0.3 is 15.5 Å². The van der Waals surface area contributed by atoms with E-state index >= 15 is 0 Å². The normalized spacial score (nSPS) is 12.1. The Bertz CT molecular complexity index is 364. The minimum absolute atomic E-state index is 0. The minimum atomic E-state index is -0.0929. The summed E-state index contributed by atoms with van der Waals surface area (Å²) in [6.07, 6.45) is 3.55. The van der Waals surface area contributed by atoms with Gasteiger partial charge >= 0.3 is 0 Å². The Balaban J connectivity index is 0.00000289. The van der Waals surface area contributed by atoms with Gasteiger partial charge in [-0.1, -0.05) is 13.8 Å². The molecule has 5 heteroatoms. The van der Waals surface area contributed by atoms with E-state index in [2.05, 4.69) is 19.2 Å². The Morgan fingerprint density at radius 2 is 2.06 bits per heavy atom. The van der Waals surface area contributed by atoms with Crippen LogP contribution in [0.5, 0.6) is 0 Å². The van der Waals surface area contributed by atoms with Gasteiger partial charge in [-0.2, -0.15) is 0 Å². The van der Waals surface area contributed by atoms with Crippen molar-refractivity contribution in [1.82, 2.24) is 5.32 Å². The molecule has 104 valence electrons. The first-order valence-electron chi connectivity index (χ1n) is 6.11. The van der Waals surface area contributed by atoms with Gasteiger partial charge in [0.25, 0.3) is 5.91 Å². The molecule has 1 atom stereocenters. The van der Waals surface area contributed by atoms with E-state index in [1.165, 1.54) is 6.26 Å². The molecule has 0 aliphatic rings. The van der Waals surface area contributed by atoms with E-state index in [-0.39, 0.29) is 24.4 Å². The van der Waals surface area contributed by atoms with Crippen LogP contribution in [0.1, 0.15) is 49.7 Å². The Morgan fingerprint density at radius 1 is 1.39 bits per heavy atom. The molecule has 0 aliphatic heterocycles. The summed E-state index contributed by atoms with van der Waals surface area (Å²) in [6, 6.07) is 1.87. The largest absolute Gasteiger partial charge is 0.467 e. The molecule has 0 saturated carbocycles. The monoisotopic (exact) mass is 274 g/mol. The number of hydrogen-bond acceptors (Lipinski definition) is 3. The fraction of sp³-hybridized carbons (Fsp3) is 0.615. The summed E-state index contributed by atoms with van der Waals surface area (Å²) < 4.78 is 5.13. The highest BCUT2D eigenvalue weighted by molar-refractivity contribution is 5.94. The molecule has 0 aliphatic carbocycles. The van der Waals surface area contributed by atoms with Crippen LogP contribution in [0.25, 0.3) is 0 Å². The van der Waals surface area contributed by atoms with Gasteiger partial charge in [0.15, 0.2) is 0 Å². The molecular formula is C13H23ClN2O2. The average Bonchev–Trinajstić information content (AvgIpc) is 2.74. The summed E-state index contributed by atoms with van der Waals surface area (Å²) in [4.78, 5) is 11.8. The van der Waals surface area contributed by atoms with Gasteiger partial charge in [0, 0.05) is 6.04 Å². The predicted molar refractivity (Wildman–Crippen MR) is 74.8 cm³/mol. The molecule has 0 saturated heterocycles. The van der Waals surface area contributed by atoms with Crippen LogP contribution in [-0.2, 0) is 6.54 Å². The molecule has 1 amide bonds. The van der Waals surface area contributed by atoms with Crippen LogP contribution in [0.15, 0.2) is 16.7 Å². The summed E-state index contributed by atoms with van der Waals surface area (Å²) in [7, 11) is 0. The van der Waals surface area contributed by atoms with Crippen LogP contribution >= 0.6 is 12.4 Å². The van der Waals surface area contributed by atoms with E-state index in [4.69, 9.17) is 10.2 Å². The van der Waals surface area contributed by atoms with Crippen molar-refractivity contribution in [3.8, 4) is 0 Å². The lowest BCUT2D eigenvalue weighted by atomic mass is 10.0. The number of carbonyl (C=O) groups excluding carboxylic acids is 1. The fourth-order valence-electron chi connectivity index (χ4n) is 1.57. The first-order valence-corrected chi connectivity index (χ1v) is 6.11. The molecule has 0 aromatic carbocycles. The quantitative estimate of drug-likeness (QED) is 0.838. The summed E-state index contributed by atoms with van der Waals surface area (Å²) in [5, 5.41) is 2.95. The topological polar surface area (TPSA) is 68.3 Å². The van der Waals surface area contributed by atoms with Gasteiger partial charge in [-0.05, 0) is 31.7 Å². The third-order valence-corrected chi connectivity index (χ3v) is 2.67. The van der Waals surface area contributed by atoms with Gasteiger partial charge in [0.1, 0.15) is 12.0 Å². The van der Waals surface area contributed by atoms with Crippen molar-refractivity contribution in [2.24, 2.45) is 11.7 Å². The first-order chi connectivity index (χ1) is 8.02. The predicted octanol–water partition coefficient (Wildman–Crippen LogP) is 2.71. The molecule has 3 N–H and O–H groups in total. The van der Waals surface area contributed by atoms with Crippen LogP contribution < -0.4 is 11.1 Å². The molecule has 4 nitrogen and oxygen atoms in total. The molecule has 0 fully saturated rings. The van der Waals surface area contributed by atoms with Crippen LogP contribution in [0.3, 0.4) is 0 Å². The third kappa shape index (κ3) is 5.56. The van der Waals surface area contributed by atoms with E-state index in [0.717, 1.165) is 12.8 Å². The van der Waals surface area contributed by atoms with Gasteiger partial charge in [-0.15, -0.1) is 12.4 Å². The second-order valence-electron chi connectivity index (χ2n) is 4.85. The second kappa shape index (κ2) is 8.16. The number of rotatable bonds is 6. The highest BCUT2D eigenvalue weighted by Crippen LogP contribution is 2.09. The lowest BCUT2D eigenvalue weighted by Gasteiger charge is -2.14. The van der Waals surface area contributed by atoms with Crippen LogP contribution in [-0.4, -0.2) is 11.9 Å². The molecule has 0 spiro atoms. The van der Waals surface area contributed by atoms with E-state index in [0.29, 0.717) is 23.8 Å². The average molecular weight is 275 g/mol. The summed E-state index contributed by atoms with van der Waals surface area (Å²) in [6.45, 7) is 6.69. The lowest BCUT2D eigenvalue weighted by molar-refractivity contribution is 0.0936. The van der Waals surface area contributed by atoms with Gasteiger partial charge in [0.05, 0.1) is 12.1 Å². The maximum Gasteiger partial charge on any atom is 0.254 e. The number of nitrogens with two attached hydrogens (primary N) is 1. The van der Waals surface area contributed by atoms with Crippen LogP contribution in [0.4, 0.5) is 0 Å². The standard InChI is InChI=1S/C13H22N2O2.ClH/c1-9(2)4-5-10(3)15-13(16)11-6-12(7-14)17-8-11;/h6,8-10H,4-5,7,14H2,1-3H3,(H,15,16);1H. The van der Waals surface area contributed by atoms with Crippen molar-refractivity contribution >= 4 is 18.3 Å². The van der Waals surface area contributed by atoms with Gasteiger partial charge in [-0.25, -0.2) is 0 Å². The summed E-state index contributed by atoms with van der Waals surface area (Å²) in [5.74, 6) is 1.20. The Hall–Kier alpha value is -1.00. The SMILES string of the molecule is CC(C)CCC(C)NC(=O)c1coc(CN)c1.Cl. The van der Waals surface area contributed by atoms with Crippen molar-refractivity contribution in [2.75, 3.05) is 0 Å². The second-order valence-corrected chi connectivity index (χ2v) is 4.85. The highest BCUT2D eigenvalue weighted by atomic mass is 35.5. The van der Waals surface area contributed by atoms with Crippen molar-refractivity contribution in [3.05, 3.63) is 23.7 Å². The Morgan fingerprint density at radius 3 is 2.56 bits per heavy atom. The first kappa shape index (κ1) is 17.0. The molecule has 18 heavy (non-hydrogen) atoms. The molecule has 1 aromatic heterocycles. The van der Waals surface area contributed by atoms with Crippen molar-refractivity contribution < 1.29 is 9.21 Å². The molecular weight excluding hydrogens is 252 g/mol. The third-order valence-electron chi connectivity index (χ3n) is 2.67. The zero-order chi connectivity index (χ0) is 12.8. The molecule has 1 unspecified atom stereocenters. The Labute approximate surface area is 115 Å². The minimum Gasteiger partial charge on any atom is -0.467 e. The lowest BCUT2D eigenvalue weighted by Crippen LogP contribution is -2.32. The number of furan rings is 1. The Kier molecular flexibility index (Phi) is 7.71. The van der Waals surface area contributed by atoms with Gasteiger partial charge in [-0.3, -0.25) is 4.79 Å². The van der Waals surface area contributed by atoms with E-state index in [9.17, 15) is 4.79 Å². The number of hydrogen-bond donors (Lipinski definition) is 2. The number of halogens is 1. The summed E-state index contributed by atoms with van der Waals surface area (Å²) >= 11 is 0. The van der Waals surface area contributed by atoms with Crippen molar-refractivity contribution in [3.63, 3.8) is 0 Å². The highest BCUT2D eigenvalue weighted by Gasteiger charge is 2.12. The molecule has 0 radical (unpaired) electrons. The molecule has 0 bridgehead atoms. The molecule has 1 aromatic rings. The number of carbonyl (C=O) groups is 1. The number of nitrogens with one attached hydrogen (secondary N) is 1. The fourth-order valence-corrected chi connectivity index (χ4v) is 1.57. The maximum absolute atomic E-state index is 11.8. The summed E-state index contributed by atoms with van der Waals surface area (Å²) in [5.41, 5.74) is 5.96. The van der Waals surface area contributed by atoms with Crippen molar-refractivity contribution in [2.45, 2.75) is 46.2 Å². The van der Waals surface area contributed by atoms with E-state index < -0.39 is 0 Å². The smallest absolute Gasteiger partial charge is 0.254 e. The van der Waals surface area contributed by atoms with Gasteiger partial charge in [0.2, 0.25) is 0 Å².